The molecule has 3 atom stereocenters. The lowest BCUT2D eigenvalue weighted by atomic mass is 10.1. The number of nitrogens with zero attached hydrogens (tertiary/aromatic N) is 1. The largest absolute Gasteiger partial charge is 0.374 e. The normalized spacial score (nSPS) is 26.4. The number of nitrogens with one attached hydrogen (secondary N) is 1. The van der Waals surface area contributed by atoms with Crippen LogP contribution in [0.4, 0.5) is 0 Å². The van der Waals surface area contributed by atoms with Crippen LogP contribution < -0.4 is 11.1 Å². The third kappa shape index (κ3) is 6.76. The first kappa shape index (κ1) is 22.2. The Morgan fingerprint density at radius 1 is 1.24 bits per heavy atom. The minimum absolute atomic E-state index is 0. The number of rotatable bonds is 5. The van der Waals surface area contributed by atoms with Crippen LogP contribution in [0.5, 0.6) is 0 Å². The van der Waals surface area contributed by atoms with Crippen molar-refractivity contribution < 1.29 is 9.53 Å². The maximum atomic E-state index is 12.2. The van der Waals surface area contributed by atoms with Gasteiger partial charge in [0.25, 0.3) is 0 Å². The molecule has 1 amide bonds. The molecule has 1 aromatic rings. The fourth-order valence-corrected chi connectivity index (χ4v) is 3.50. The number of hydrogen-bond donors (Lipinski definition) is 2. The van der Waals surface area contributed by atoms with Crippen LogP contribution in [0.3, 0.4) is 0 Å². The maximum Gasteiger partial charge on any atom is 0.223 e. The molecular formula is C18H29Cl2N3O2. The number of nitrogens with two attached hydrogens (primary N) is 1. The number of carbonyl (C=O) groups excluding carboxylic acids is 1. The van der Waals surface area contributed by atoms with Gasteiger partial charge in [-0.1, -0.05) is 30.3 Å². The number of carbonyl (C=O) groups is 1. The summed E-state index contributed by atoms with van der Waals surface area (Å²) >= 11 is 0. The third-order valence-corrected chi connectivity index (χ3v) is 4.82. The van der Waals surface area contributed by atoms with E-state index in [1.165, 1.54) is 5.56 Å². The SMILES string of the molecule is Cl.Cl.NC1CCC(C(=O)NCC2CN(Cc3ccccc3)CCO2)C1. The van der Waals surface area contributed by atoms with Gasteiger partial charge in [-0.05, 0) is 24.8 Å². The molecule has 2 aliphatic rings. The summed E-state index contributed by atoms with van der Waals surface area (Å²) in [4.78, 5) is 14.6. The van der Waals surface area contributed by atoms with Gasteiger partial charge in [-0.2, -0.15) is 0 Å². The fraction of sp³-hybridized carbons (Fsp3) is 0.611. The van der Waals surface area contributed by atoms with Crippen LogP contribution in [-0.2, 0) is 16.1 Å². The molecule has 1 saturated heterocycles. The second-order valence-corrected chi connectivity index (χ2v) is 6.73. The maximum absolute atomic E-state index is 12.2. The Hall–Kier alpha value is -0.850. The van der Waals surface area contributed by atoms with Crippen molar-refractivity contribution in [1.29, 1.82) is 0 Å². The topological polar surface area (TPSA) is 67.6 Å². The number of hydrogen-bond acceptors (Lipinski definition) is 4. The molecule has 1 aliphatic heterocycles. The summed E-state index contributed by atoms with van der Waals surface area (Å²) in [7, 11) is 0. The average Bonchev–Trinajstić information content (AvgIpc) is 3.01. The molecule has 0 bridgehead atoms. The van der Waals surface area contributed by atoms with E-state index in [1.807, 2.05) is 6.07 Å². The summed E-state index contributed by atoms with van der Waals surface area (Å²) in [6.07, 6.45) is 2.77. The summed E-state index contributed by atoms with van der Waals surface area (Å²) in [6.45, 7) is 4.06. The molecule has 3 N–H and O–H groups in total. The standard InChI is InChI=1S/C18H27N3O2.2ClH/c19-16-7-6-15(10-16)18(22)20-11-17-13-21(8-9-23-17)12-14-4-2-1-3-5-14;;/h1-5,15-17H,6-13,19H2,(H,20,22);2*1H. The molecule has 2 fully saturated rings. The van der Waals surface area contributed by atoms with E-state index in [9.17, 15) is 4.79 Å². The lowest BCUT2D eigenvalue weighted by Gasteiger charge is -2.33. The highest BCUT2D eigenvalue weighted by Crippen LogP contribution is 2.24. The van der Waals surface area contributed by atoms with Gasteiger partial charge in [0, 0.05) is 38.1 Å². The van der Waals surface area contributed by atoms with E-state index >= 15 is 0 Å². The van der Waals surface area contributed by atoms with E-state index in [-0.39, 0.29) is 48.8 Å². The molecule has 1 heterocycles. The zero-order valence-corrected chi connectivity index (χ0v) is 16.1. The molecule has 7 heteroatoms. The van der Waals surface area contributed by atoms with E-state index in [2.05, 4.69) is 34.5 Å². The van der Waals surface area contributed by atoms with Crippen molar-refractivity contribution in [3.8, 4) is 0 Å². The molecule has 0 spiro atoms. The Morgan fingerprint density at radius 3 is 2.68 bits per heavy atom. The molecule has 1 aromatic carbocycles. The fourth-order valence-electron chi connectivity index (χ4n) is 3.50. The zero-order chi connectivity index (χ0) is 16.1. The lowest BCUT2D eigenvalue weighted by Crippen LogP contribution is -2.47. The molecule has 0 aromatic heterocycles. The van der Waals surface area contributed by atoms with Gasteiger partial charge in [0.2, 0.25) is 5.91 Å². The quantitative estimate of drug-likeness (QED) is 0.807. The van der Waals surface area contributed by atoms with E-state index < -0.39 is 0 Å². The highest BCUT2D eigenvalue weighted by molar-refractivity contribution is 5.85. The van der Waals surface area contributed by atoms with Crippen LogP contribution in [0, 0.1) is 5.92 Å². The lowest BCUT2D eigenvalue weighted by molar-refractivity contribution is -0.126. The first-order chi connectivity index (χ1) is 11.2. The summed E-state index contributed by atoms with van der Waals surface area (Å²) in [6, 6.07) is 10.7. The van der Waals surface area contributed by atoms with E-state index in [4.69, 9.17) is 10.5 Å². The molecule has 1 saturated carbocycles. The predicted molar refractivity (Wildman–Crippen MR) is 104 cm³/mol. The number of ether oxygens (including phenoxy) is 1. The summed E-state index contributed by atoms with van der Waals surface area (Å²) < 4.78 is 5.80. The zero-order valence-electron chi connectivity index (χ0n) is 14.4. The van der Waals surface area contributed by atoms with Crippen LogP contribution in [0.15, 0.2) is 30.3 Å². The van der Waals surface area contributed by atoms with Crippen LogP contribution in [0.2, 0.25) is 0 Å². The Balaban J connectivity index is 0.00000156. The van der Waals surface area contributed by atoms with Crippen molar-refractivity contribution >= 4 is 30.7 Å². The highest BCUT2D eigenvalue weighted by Gasteiger charge is 2.28. The number of benzene rings is 1. The Kier molecular flexibility index (Phi) is 9.75. The first-order valence-corrected chi connectivity index (χ1v) is 8.62. The van der Waals surface area contributed by atoms with Gasteiger partial charge in [-0.15, -0.1) is 24.8 Å². The van der Waals surface area contributed by atoms with E-state index in [1.54, 1.807) is 0 Å². The Labute approximate surface area is 162 Å². The van der Waals surface area contributed by atoms with Gasteiger partial charge in [-0.25, -0.2) is 0 Å². The Morgan fingerprint density at radius 2 is 2.00 bits per heavy atom. The summed E-state index contributed by atoms with van der Waals surface area (Å²) in [5.41, 5.74) is 7.20. The van der Waals surface area contributed by atoms with Gasteiger partial charge in [0.05, 0.1) is 12.7 Å². The molecular weight excluding hydrogens is 361 g/mol. The minimum Gasteiger partial charge on any atom is -0.374 e. The van der Waals surface area contributed by atoms with E-state index in [0.29, 0.717) is 6.54 Å². The average molecular weight is 390 g/mol. The van der Waals surface area contributed by atoms with Crippen molar-refractivity contribution in [1.82, 2.24) is 10.2 Å². The molecule has 3 rings (SSSR count). The number of amides is 1. The number of morpholine rings is 1. The first-order valence-electron chi connectivity index (χ1n) is 8.62. The monoisotopic (exact) mass is 389 g/mol. The predicted octanol–water partition coefficient (Wildman–Crippen LogP) is 1.97. The van der Waals surface area contributed by atoms with Crippen molar-refractivity contribution in [3.63, 3.8) is 0 Å². The smallest absolute Gasteiger partial charge is 0.223 e. The van der Waals surface area contributed by atoms with Gasteiger partial charge < -0.3 is 15.8 Å². The third-order valence-electron chi connectivity index (χ3n) is 4.82. The van der Waals surface area contributed by atoms with Crippen molar-refractivity contribution in [2.45, 2.75) is 38.0 Å². The van der Waals surface area contributed by atoms with Crippen LogP contribution >= 0.6 is 24.8 Å². The van der Waals surface area contributed by atoms with Crippen LogP contribution in [0.25, 0.3) is 0 Å². The molecule has 142 valence electrons. The molecule has 1 aliphatic carbocycles. The molecule has 3 unspecified atom stereocenters. The van der Waals surface area contributed by atoms with Crippen molar-refractivity contribution in [2.24, 2.45) is 11.7 Å². The van der Waals surface area contributed by atoms with Gasteiger partial charge >= 0.3 is 0 Å². The van der Waals surface area contributed by atoms with Crippen molar-refractivity contribution in [3.05, 3.63) is 35.9 Å². The summed E-state index contributed by atoms with van der Waals surface area (Å²) in [5.74, 6) is 0.232. The summed E-state index contributed by atoms with van der Waals surface area (Å²) in [5, 5.41) is 3.05. The van der Waals surface area contributed by atoms with Crippen LogP contribution in [-0.4, -0.2) is 49.2 Å². The molecule has 0 radical (unpaired) electrons. The van der Waals surface area contributed by atoms with Crippen LogP contribution in [0.1, 0.15) is 24.8 Å². The highest BCUT2D eigenvalue weighted by atomic mass is 35.5. The van der Waals surface area contributed by atoms with Gasteiger partial charge in [0.15, 0.2) is 0 Å². The van der Waals surface area contributed by atoms with Gasteiger partial charge in [-0.3, -0.25) is 9.69 Å². The Bertz CT molecular complexity index is 518. The number of halogens is 2. The van der Waals surface area contributed by atoms with E-state index in [0.717, 1.165) is 45.5 Å². The minimum atomic E-state index is 0. The second-order valence-electron chi connectivity index (χ2n) is 6.73. The van der Waals surface area contributed by atoms with Crippen molar-refractivity contribution in [2.75, 3.05) is 26.2 Å². The molecule has 25 heavy (non-hydrogen) atoms. The van der Waals surface area contributed by atoms with Gasteiger partial charge in [0.1, 0.15) is 0 Å². The second kappa shape index (κ2) is 11.0. The molecule has 5 nitrogen and oxygen atoms in total.